The van der Waals surface area contributed by atoms with E-state index in [1.54, 1.807) is 4.90 Å². The summed E-state index contributed by atoms with van der Waals surface area (Å²) in [6.45, 7) is 1.87. The minimum absolute atomic E-state index is 0.0491. The smallest absolute Gasteiger partial charge is 0.248 e. The fourth-order valence-electron chi connectivity index (χ4n) is 6.26. The molecule has 4 aliphatic rings. The number of aliphatic hydroxyl groups is 1. The first-order valence-electron chi connectivity index (χ1n) is 13.2. The standard InChI is InChI=1S/C28H34F2N4O2/c29-28(30)10-8-23(24(16-28)20-4-2-1-3-5-20)26(35)33-14-11-27(36,12-15-33)18-32-17-21-9-13-34(22-6-7-22)25(21)31-19-32/h1-5,9,13,17,22-24,36H,6-8,10-12,14-16,18-19H2/t23-,24+/m1/s1. The van der Waals surface area contributed by atoms with Gasteiger partial charge in [-0.15, -0.1) is 0 Å². The maximum atomic E-state index is 14.3. The molecule has 1 aromatic heterocycles. The maximum Gasteiger partial charge on any atom is 0.248 e. The molecule has 0 spiro atoms. The van der Waals surface area contributed by atoms with Gasteiger partial charge >= 0.3 is 0 Å². The van der Waals surface area contributed by atoms with Gasteiger partial charge in [-0.05, 0) is 43.7 Å². The fraction of sp³-hybridized carbons (Fsp3) is 0.571. The Hall–Kier alpha value is -2.74. The SMILES string of the molecule is O=C([C@@H]1CCC(F)(F)C[C@H]1c1ccccc1)N1CCC(O)(CN2C=c3ccn(C4CC4)c3=NC2)CC1. The number of piperidine rings is 1. The number of halogens is 2. The number of β-amino-alcohol motifs (C(OH)–C–C–N with tert-alkyl or cyclic N) is 1. The van der Waals surface area contributed by atoms with Crippen molar-refractivity contribution in [3.63, 3.8) is 0 Å². The predicted octanol–water partition coefficient (Wildman–Crippen LogP) is 3.03. The molecular weight excluding hydrogens is 462 g/mol. The summed E-state index contributed by atoms with van der Waals surface area (Å²) in [6, 6.07) is 11.9. The molecule has 2 atom stereocenters. The van der Waals surface area contributed by atoms with Crippen LogP contribution in [0, 0.1) is 5.92 Å². The molecule has 1 N–H and O–H groups in total. The van der Waals surface area contributed by atoms with Crippen molar-refractivity contribution in [2.75, 3.05) is 26.3 Å². The van der Waals surface area contributed by atoms with E-state index in [1.807, 2.05) is 30.3 Å². The van der Waals surface area contributed by atoms with Crippen molar-refractivity contribution in [1.82, 2.24) is 14.4 Å². The normalized spacial score (nSPS) is 27.1. The number of carbonyl (C=O) groups excluding carboxylic acids is 1. The van der Waals surface area contributed by atoms with Gasteiger partial charge in [0.25, 0.3) is 0 Å². The van der Waals surface area contributed by atoms with Crippen LogP contribution in [0.3, 0.4) is 0 Å². The van der Waals surface area contributed by atoms with Crippen molar-refractivity contribution in [1.29, 1.82) is 0 Å². The average molecular weight is 497 g/mol. The zero-order valence-corrected chi connectivity index (χ0v) is 20.5. The summed E-state index contributed by atoms with van der Waals surface area (Å²) in [7, 11) is 0. The van der Waals surface area contributed by atoms with Crippen LogP contribution in [0.5, 0.6) is 0 Å². The molecule has 2 aliphatic carbocycles. The molecule has 2 saturated carbocycles. The van der Waals surface area contributed by atoms with Crippen molar-refractivity contribution >= 4 is 12.1 Å². The number of nitrogens with zero attached hydrogens (tertiary/aromatic N) is 4. The van der Waals surface area contributed by atoms with Crippen LogP contribution in [0.4, 0.5) is 8.78 Å². The number of likely N-dealkylation sites (tertiary alicyclic amines) is 1. The van der Waals surface area contributed by atoms with E-state index in [0.29, 0.717) is 45.2 Å². The summed E-state index contributed by atoms with van der Waals surface area (Å²) in [4.78, 5) is 22.1. The largest absolute Gasteiger partial charge is 0.388 e. The molecule has 0 unspecified atom stereocenters. The highest BCUT2D eigenvalue weighted by atomic mass is 19.3. The van der Waals surface area contributed by atoms with E-state index in [4.69, 9.17) is 4.99 Å². The quantitative estimate of drug-likeness (QED) is 0.693. The lowest BCUT2D eigenvalue weighted by atomic mass is 9.73. The monoisotopic (exact) mass is 496 g/mol. The van der Waals surface area contributed by atoms with E-state index in [1.165, 1.54) is 12.8 Å². The number of hydrogen-bond donors (Lipinski definition) is 1. The highest BCUT2D eigenvalue weighted by molar-refractivity contribution is 5.80. The van der Waals surface area contributed by atoms with Gasteiger partial charge in [-0.1, -0.05) is 30.3 Å². The molecule has 2 aliphatic heterocycles. The van der Waals surface area contributed by atoms with E-state index in [0.717, 1.165) is 16.3 Å². The number of alkyl halides is 2. The second-order valence-electron chi connectivity index (χ2n) is 11.2. The van der Waals surface area contributed by atoms with Crippen LogP contribution in [0.25, 0.3) is 6.20 Å². The second kappa shape index (κ2) is 8.98. The van der Waals surface area contributed by atoms with Gasteiger partial charge in [0, 0.05) is 68.0 Å². The zero-order valence-electron chi connectivity index (χ0n) is 20.5. The number of benzene rings is 1. The summed E-state index contributed by atoms with van der Waals surface area (Å²) in [5.74, 6) is -3.71. The molecule has 36 heavy (non-hydrogen) atoms. The second-order valence-corrected chi connectivity index (χ2v) is 11.2. The molecule has 0 radical (unpaired) electrons. The highest BCUT2D eigenvalue weighted by Crippen LogP contribution is 2.46. The Balaban J connectivity index is 1.10. The number of rotatable bonds is 5. The van der Waals surface area contributed by atoms with Gasteiger partial charge in [0.15, 0.2) is 0 Å². The number of fused-ring (bicyclic) bond motifs is 1. The van der Waals surface area contributed by atoms with Crippen LogP contribution in [0.2, 0.25) is 0 Å². The Morgan fingerprint density at radius 1 is 1.06 bits per heavy atom. The van der Waals surface area contributed by atoms with E-state index < -0.39 is 23.4 Å². The average Bonchev–Trinajstić information content (AvgIpc) is 3.63. The van der Waals surface area contributed by atoms with Gasteiger partial charge in [-0.3, -0.25) is 4.79 Å². The van der Waals surface area contributed by atoms with Crippen molar-refractivity contribution in [2.24, 2.45) is 10.9 Å². The van der Waals surface area contributed by atoms with Gasteiger partial charge in [0.2, 0.25) is 11.8 Å². The van der Waals surface area contributed by atoms with Crippen LogP contribution in [0.1, 0.15) is 62.5 Å². The van der Waals surface area contributed by atoms with E-state index >= 15 is 0 Å². The maximum absolute atomic E-state index is 14.3. The topological polar surface area (TPSA) is 61.1 Å². The van der Waals surface area contributed by atoms with Crippen molar-refractivity contribution in [3.8, 4) is 0 Å². The van der Waals surface area contributed by atoms with Gasteiger partial charge in [0.05, 0.1) is 5.60 Å². The van der Waals surface area contributed by atoms with E-state index in [2.05, 4.69) is 27.9 Å². The lowest BCUT2D eigenvalue weighted by molar-refractivity contribution is -0.145. The fourth-order valence-corrected chi connectivity index (χ4v) is 6.26. The third-order valence-corrected chi connectivity index (χ3v) is 8.46. The minimum atomic E-state index is -2.74. The molecule has 2 aromatic rings. The van der Waals surface area contributed by atoms with Crippen LogP contribution in [0.15, 0.2) is 47.6 Å². The molecule has 192 valence electrons. The molecule has 1 saturated heterocycles. The third kappa shape index (κ3) is 4.67. The summed E-state index contributed by atoms with van der Waals surface area (Å²) >= 11 is 0. The van der Waals surface area contributed by atoms with Crippen LogP contribution >= 0.6 is 0 Å². The van der Waals surface area contributed by atoms with Gasteiger partial charge in [0.1, 0.15) is 12.2 Å². The summed E-state index contributed by atoms with van der Waals surface area (Å²) in [5, 5.41) is 12.4. The van der Waals surface area contributed by atoms with Crippen LogP contribution in [-0.2, 0) is 4.79 Å². The van der Waals surface area contributed by atoms with Crippen molar-refractivity contribution < 1.29 is 18.7 Å². The number of hydrogen-bond acceptors (Lipinski definition) is 4. The first kappa shape index (κ1) is 23.6. The lowest BCUT2D eigenvalue weighted by Crippen LogP contribution is -2.54. The molecule has 6 nitrogen and oxygen atoms in total. The number of carbonyl (C=O) groups is 1. The van der Waals surface area contributed by atoms with Gasteiger partial charge < -0.3 is 19.5 Å². The molecule has 1 amide bonds. The Kier molecular flexibility index (Phi) is 5.90. The Bertz CT molecular complexity index is 1230. The van der Waals surface area contributed by atoms with Gasteiger partial charge in [-0.25, -0.2) is 13.8 Å². The minimum Gasteiger partial charge on any atom is -0.388 e. The summed E-state index contributed by atoms with van der Waals surface area (Å²) < 4.78 is 30.9. The molecular formula is C28H34F2N4O2. The summed E-state index contributed by atoms with van der Waals surface area (Å²) in [5.41, 5.74) is 0.938. The predicted molar refractivity (Wildman–Crippen MR) is 132 cm³/mol. The Morgan fingerprint density at radius 2 is 1.81 bits per heavy atom. The number of aromatic nitrogens is 1. The van der Waals surface area contributed by atoms with E-state index in [9.17, 15) is 18.7 Å². The summed E-state index contributed by atoms with van der Waals surface area (Å²) in [6.07, 6.45) is 7.22. The molecule has 8 heteroatoms. The van der Waals surface area contributed by atoms with Crippen LogP contribution < -0.4 is 10.7 Å². The Morgan fingerprint density at radius 3 is 2.53 bits per heavy atom. The van der Waals surface area contributed by atoms with E-state index in [-0.39, 0.29) is 25.2 Å². The first-order chi connectivity index (χ1) is 17.3. The number of amides is 1. The first-order valence-corrected chi connectivity index (χ1v) is 13.2. The van der Waals surface area contributed by atoms with Crippen molar-refractivity contribution in [3.05, 3.63) is 58.9 Å². The lowest BCUT2D eigenvalue weighted by Gasteiger charge is -2.43. The van der Waals surface area contributed by atoms with Crippen molar-refractivity contribution in [2.45, 2.75) is 68.4 Å². The van der Waals surface area contributed by atoms with Gasteiger partial charge in [-0.2, -0.15) is 0 Å². The molecule has 1 aromatic carbocycles. The third-order valence-electron chi connectivity index (χ3n) is 8.46. The molecule has 3 heterocycles. The molecule has 6 rings (SSSR count). The Labute approximate surface area is 209 Å². The zero-order chi connectivity index (χ0) is 24.9. The molecule has 3 fully saturated rings. The molecule has 0 bridgehead atoms. The van der Waals surface area contributed by atoms with Crippen LogP contribution in [-0.4, -0.2) is 63.2 Å². The highest BCUT2D eigenvalue weighted by Gasteiger charge is 2.46.